The molecule has 0 atom stereocenters. The van der Waals surface area contributed by atoms with Crippen LogP contribution in [-0.4, -0.2) is 16.3 Å². The van der Waals surface area contributed by atoms with Crippen molar-refractivity contribution < 1.29 is 0 Å². The van der Waals surface area contributed by atoms with Gasteiger partial charge in [0.1, 0.15) is 0 Å². The van der Waals surface area contributed by atoms with E-state index in [1.165, 1.54) is 9.13 Å². The zero-order valence-electron chi connectivity index (χ0n) is 10.8. The molecule has 3 nitrogen and oxygen atoms in total. The summed E-state index contributed by atoms with van der Waals surface area (Å²) in [5.41, 5.74) is 3.50. The summed E-state index contributed by atoms with van der Waals surface area (Å²) in [5, 5.41) is 7.93. The van der Waals surface area contributed by atoms with Crippen molar-refractivity contribution in [3.63, 3.8) is 0 Å². The third-order valence-corrected chi connectivity index (χ3v) is 3.96. The maximum absolute atomic E-state index is 4.57. The van der Waals surface area contributed by atoms with Crippen molar-refractivity contribution >= 4 is 22.6 Å². The molecule has 96 valence electrons. The van der Waals surface area contributed by atoms with Crippen LogP contribution in [-0.2, 0) is 6.54 Å². The van der Waals surface area contributed by atoms with Gasteiger partial charge in [-0.1, -0.05) is 13.0 Å². The minimum atomic E-state index is 0.837. The summed E-state index contributed by atoms with van der Waals surface area (Å²) in [6.07, 6.45) is 3.17. The van der Waals surface area contributed by atoms with Crippen LogP contribution in [0.2, 0.25) is 0 Å². The zero-order chi connectivity index (χ0) is 13.0. The van der Waals surface area contributed by atoms with Crippen molar-refractivity contribution in [2.45, 2.75) is 26.8 Å². The van der Waals surface area contributed by atoms with E-state index in [1.54, 1.807) is 0 Å². The molecule has 18 heavy (non-hydrogen) atoms. The molecule has 1 aromatic carbocycles. The smallest absolute Gasteiger partial charge is 0.0766 e. The highest BCUT2D eigenvalue weighted by molar-refractivity contribution is 14.1. The number of hydrogen-bond donors (Lipinski definition) is 1. The van der Waals surface area contributed by atoms with Crippen LogP contribution in [0.1, 0.15) is 24.6 Å². The molecule has 0 saturated carbocycles. The lowest BCUT2D eigenvalue weighted by molar-refractivity contribution is 0.656. The molecular formula is C14H18IN3. The minimum Gasteiger partial charge on any atom is -0.311 e. The number of halogens is 1. The molecule has 0 bridgehead atoms. The van der Waals surface area contributed by atoms with E-state index < -0.39 is 0 Å². The highest BCUT2D eigenvalue weighted by atomic mass is 127. The predicted molar refractivity (Wildman–Crippen MR) is 83.0 cm³/mol. The molecule has 0 unspecified atom stereocenters. The monoisotopic (exact) mass is 355 g/mol. The Kier molecular flexibility index (Phi) is 4.77. The van der Waals surface area contributed by atoms with Gasteiger partial charge in [0.2, 0.25) is 0 Å². The fraction of sp³-hybridized carbons (Fsp3) is 0.357. The van der Waals surface area contributed by atoms with Gasteiger partial charge in [0.15, 0.2) is 0 Å². The van der Waals surface area contributed by atoms with E-state index in [0.29, 0.717) is 0 Å². The van der Waals surface area contributed by atoms with Crippen LogP contribution in [0.3, 0.4) is 0 Å². The molecule has 2 rings (SSSR count). The standard InChI is InChI=1S/C14H18IN3/c1-3-7-16-10-12-6-8-18(17-12)13-5-4-11(2)14(15)9-13/h4-6,8-9,16H,3,7,10H2,1-2H3. The maximum atomic E-state index is 4.57. The van der Waals surface area contributed by atoms with Gasteiger partial charge in [0.05, 0.1) is 11.4 Å². The Morgan fingerprint density at radius 1 is 1.33 bits per heavy atom. The first kappa shape index (κ1) is 13.5. The number of rotatable bonds is 5. The first-order valence-electron chi connectivity index (χ1n) is 6.22. The number of nitrogens with one attached hydrogen (secondary N) is 1. The summed E-state index contributed by atoms with van der Waals surface area (Å²) in [6.45, 7) is 6.16. The summed E-state index contributed by atoms with van der Waals surface area (Å²) in [4.78, 5) is 0. The van der Waals surface area contributed by atoms with Gasteiger partial charge in [-0.2, -0.15) is 5.10 Å². The molecule has 0 radical (unpaired) electrons. The minimum absolute atomic E-state index is 0.837. The molecule has 0 saturated heterocycles. The van der Waals surface area contributed by atoms with E-state index in [4.69, 9.17) is 0 Å². The van der Waals surface area contributed by atoms with Crippen LogP contribution in [0, 0.1) is 10.5 Å². The SMILES string of the molecule is CCCNCc1ccn(-c2ccc(C)c(I)c2)n1. The number of aromatic nitrogens is 2. The normalized spacial score (nSPS) is 10.8. The third-order valence-electron chi connectivity index (χ3n) is 2.80. The Labute approximate surface area is 122 Å². The lowest BCUT2D eigenvalue weighted by Crippen LogP contribution is -2.14. The van der Waals surface area contributed by atoms with E-state index in [-0.39, 0.29) is 0 Å². The molecule has 1 aromatic heterocycles. The predicted octanol–water partition coefficient (Wildman–Crippen LogP) is 3.28. The fourth-order valence-corrected chi connectivity index (χ4v) is 2.22. The highest BCUT2D eigenvalue weighted by Crippen LogP contribution is 2.16. The highest BCUT2D eigenvalue weighted by Gasteiger charge is 2.02. The molecule has 2 aromatic rings. The van der Waals surface area contributed by atoms with Crippen LogP contribution in [0.5, 0.6) is 0 Å². The second-order valence-corrected chi connectivity index (χ2v) is 5.52. The van der Waals surface area contributed by atoms with Crippen LogP contribution in [0.15, 0.2) is 30.5 Å². The average Bonchev–Trinajstić information content (AvgIpc) is 2.82. The van der Waals surface area contributed by atoms with Gasteiger partial charge in [-0.25, -0.2) is 4.68 Å². The quantitative estimate of drug-likeness (QED) is 0.659. The summed E-state index contributed by atoms with van der Waals surface area (Å²) < 4.78 is 3.20. The van der Waals surface area contributed by atoms with Crippen molar-refractivity contribution in [2.75, 3.05) is 6.54 Å². The summed E-state index contributed by atoms with van der Waals surface area (Å²) in [5.74, 6) is 0. The van der Waals surface area contributed by atoms with Gasteiger partial charge in [0, 0.05) is 16.3 Å². The zero-order valence-corrected chi connectivity index (χ0v) is 12.9. The molecule has 1 N–H and O–H groups in total. The number of hydrogen-bond acceptors (Lipinski definition) is 2. The van der Waals surface area contributed by atoms with Crippen molar-refractivity contribution in [3.8, 4) is 5.69 Å². The molecule has 0 aliphatic carbocycles. The number of nitrogens with zero attached hydrogens (tertiary/aromatic N) is 2. The molecule has 0 aliphatic heterocycles. The van der Waals surface area contributed by atoms with Gasteiger partial charge in [-0.3, -0.25) is 0 Å². The Hall–Kier alpha value is -0.880. The molecule has 1 heterocycles. The number of aryl methyl sites for hydroxylation is 1. The second-order valence-electron chi connectivity index (χ2n) is 4.36. The summed E-state index contributed by atoms with van der Waals surface area (Å²) in [6, 6.07) is 8.46. The van der Waals surface area contributed by atoms with Crippen LogP contribution in [0.4, 0.5) is 0 Å². The van der Waals surface area contributed by atoms with Crippen LogP contribution < -0.4 is 5.32 Å². The van der Waals surface area contributed by atoms with E-state index in [1.807, 2.05) is 10.9 Å². The van der Waals surface area contributed by atoms with Crippen LogP contribution in [0.25, 0.3) is 5.69 Å². The Morgan fingerprint density at radius 3 is 2.89 bits per heavy atom. The van der Waals surface area contributed by atoms with Crippen molar-refractivity contribution in [1.82, 2.24) is 15.1 Å². The van der Waals surface area contributed by atoms with Crippen molar-refractivity contribution in [2.24, 2.45) is 0 Å². The summed E-state index contributed by atoms with van der Waals surface area (Å²) in [7, 11) is 0. The molecule has 0 aliphatic rings. The molecule has 4 heteroatoms. The first-order valence-corrected chi connectivity index (χ1v) is 7.30. The third kappa shape index (κ3) is 3.32. The van der Waals surface area contributed by atoms with Gasteiger partial charge in [-0.05, 0) is 66.2 Å². The van der Waals surface area contributed by atoms with E-state index in [0.717, 1.165) is 30.9 Å². The molecule has 0 spiro atoms. The second kappa shape index (κ2) is 6.33. The average molecular weight is 355 g/mol. The first-order chi connectivity index (χ1) is 8.70. The topological polar surface area (TPSA) is 29.9 Å². The van der Waals surface area contributed by atoms with Gasteiger partial charge in [0.25, 0.3) is 0 Å². The Balaban J connectivity index is 2.11. The molecular weight excluding hydrogens is 337 g/mol. The van der Waals surface area contributed by atoms with E-state index in [2.05, 4.69) is 71.1 Å². The number of benzene rings is 1. The van der Waals surface area contributed by atoms with Crippen molar-refractivity contribution in [3.05, 3.63) is 45.3 Å². The fourth-order valence-electron chi connectivity index (χ4n) is 1.72. The van der Waals surface area contributed by atoms with Crippen molar-refractivity contribution in [1.29, 1.82) is 0 Å². The van der Waals surface area contributed by atoms with E-state index >= 15 is 0 Å². The largest absolute Gasteiger partial charge is 0.311 e. The molecule has 0 fully saturated rings. The Morgan fingerprint density at radius 2 is 2.17 bits per heavy atom. The molecule has 0 amide bonds. The Bertz CT molecular complexity index is 520. The van der Waals surface area contributed by atoms with Gasteiger partial charge < -0.3 is 5.32 Å². The van der Waals surface area contributed by atoms with Gasteiger partial charge >= 0.3 is 0 Å². The lowest BCUT2D eigenvalue weighted by atomic mass is 10.2. The lowest BCUT2D eigenvalue weighted by Gasteiger charge is -2.04. The van der Waals surface area contributed by atoms with E-state index in [9.17, 15) is 0 Å². The van der Waals surface area contributed by atoms with Crippen LogP contribution >= 0.6 is 22.6 Å². The summed E-state index contributed by atoms with van der Waals surface area (Å²) >= 11 is 2.36. The maximum Gasteiger partial charge on any atom is 0.0766 e. The van der Waals surface area contributed by atoms with Gasteiger partial charge in [-0.15, -0.1) is 0 Å².